The van der Waals surface area contributed by atoms with Crippen LogP contribution in [0.1, 0.15) is 6.92 Å². The molecular formula is C13H17N3O. The van der Waals surface area contributed by atoms with Crippen LogP contribution in [0, 0.1) is 11.3 Å². The zero-order valence-corrected chi connectivity index (χ0v) is 10.0. The van der Waals surface area contributed by atoms with Gasteiger partial charge in [0.2, 0.25) is 0 Å². The Morgan fingerprint density at radius 2 is 1.94 bits per heavy atom. The van der Waals surface area contributed by atoms with Crippen molar-refractivity contribution in [1.29, 1.82) is 5.26 Å². The quantitative estimate of drug-likeness (QED) is 0.862. The van der Waals surface area contributed by atoms with E-state index >= 15 is 0 Å². The number of ether oxygens (including phenoxy) is 1. The molecule has 1 atom stereocenters. The maximum Gasteiger partial charge on any atom is 0.111 e. The van der Waals surface area contributed by atoms with Gasteiger partial charge in [0.15, 0.2) is 0 Å². The van der Waals surface area contributed by atoms with Crippen LogP contribution in [0.25, 0.3) is 0 Å². The summed E-state index contributed by atoms with van der Waals surface area (Å²) in [6, 6.07) is 10.2. The molecule has 1 aromatic rings. The average Bonchev–Trinajstić information content (AvgIpc) is 2.40. The lowest BCUT2D eigenvalue weighted by molar-refractivity contribution is 0.122. The van der Waals surface area contributed by atoms with E-state index in [2.05, 4.69) is 28.4 Å². The molecular weight excluding hydrogens is 214 g/mol. The monoisotopic (exact) mass is 231 g/mol. The molecule has 1 fully saturated rings. The molecule has 2 rings (SSSR count). The van der Waals surface area contributed by atoms with E-state index in [9.17, 15) is 0 Å². The Hall–Kier alpha value is -1.73. The third-order valence-corrected chi connectivity index (χ3v) is 2.82. The van der Waals surface area contributed by atoms with Crippen molar-refractivity contribution in [3.8, 4) is 6.07 Å². The van der Waals surface area contributed by atoms with Crippen molar-refractivity contribution in [1.82, 2.24) is 0 Å². The highest BCUT2D eigenvalue weighted by atomic mass is 16.5. The molecule has 1 unspecified atom stereocenters. The Morgan fingerprint density at radius 1 is 1.29 bits per heavy atom. The SMILES string of the molecule is CC(C#N)Nc1ccc(N2CCOCC2)cc1. The second-order valence-corrected chi connectivity index (χ2v) is 4.14. The van der Waals surface area contributed by atoms with Crippen molar-refractivity contribution in [2.45, 2.75) is 13.0 Å². The highest BCUT2D eigenvalue weighted by Crippen LogP contribution is 2.19. The molecule has 1 aliphatic heterocycles. The second kappa shape index (κ2) is 5.55. The van der Waals surface area contributed by atoms with E-state index in [0.29, 0.717) is 0 Å². The Bertz CT molecular complexity index is 390. The number of hydrogen-bond acceptors (Lipinski definition) is 4. The Morgan fingerprint density at radius 3 is 2.53 bits per heavy atom. The highest BCUT2D eigenvalue weighted by molar-refractivity contribution is 5.55. The molecule has 1 heterocycles. The second-order valence-electron chi connectivity index (χ2n) is 4.14. The van der Waals surface area contributed by atoms with Crippen LogP contribution in [0.2, 0.25) is 0 Å². The maximum absolute atomic E-state index is 8.72. The smallest absolute Gasteiger partial charge is 0.111 e. The number of nitriles is 1. The van der Waals surface area contributed by atoms with Gasteiger partial charge in [-0.05, 0) is 31.2 Å². The molecule has 4 heteroatoms. The van der Waals surface area contributed by atoms with Crippen LogP contribution in [0.5, 0.6) is 0 Å². The van der Waals surface area contributed by atoms with Gasteiger partial charge in [-0.1, -0.05) is 0 Å². The molecule has 0 amide bonds. The van der Waals surface area contributed by atoms with E-state index in [-0.39, 0.29) is 6.04 Å². The van der Waals surface area contributed by atoms with Gasteiger partial charge < -0.3 is 15.0 Å². The molecule has 0 bridgehead atoms. The van der Waals surface area contributed by atoms with Crippen molar-refractivity contribution < 1.29 is 4.74 Å². The molecule has 4 nitrogen and oxygen atoms in total. The Balaban J connectivity index is 2.00. The topological polar surface area (TPSA) is 48.3 Å². The standard InChI is InChI=1S/C13H17N3O/c1-11(10-14)15-12-2-4-13(5-3-12)16-6-8-17-9-7-16/h2-5,11,15H,6-9H2,1H3. The van der Waals surface area contributed by atoms with Gasteiger partial charge in [0.25, 0.3) is 0 Å². The van der Waals surface area contributed by atoms with Crippen LogP contribution in [0.15, 0.2) is 24.3 Å². The fourth-order valence-corrected chi connectivity index (χ4v) is 1.87. The predicted molar refractivity (Wildman–Crippen MR) is 68.2 cm³/mol. The molecule has 0 radical (unpaired) electrons. The molecule has 1 N–H and O–H groups in total. The van der Waals surface area contributed by atoms with E-state index in [0.717, 1.165) is 32.0 Å². The summed E-state index contributed by atoms with van der Waals surface area (Å²) in [6.07, 6.45) is 0. The van der Waals surface area contributed by atoms with Crippen LogP contribution in [-0.4, -0.2) is 32.3 Å². The number of anilines is 2. The first-order valence-corrected chi connectivity index (χ1v) is 5.88. The number of hydrogen-bond donors (Lipinski definition) is 1. The van der Waals surface area contributed by atoms with Crippen LogP contribution >= 0.6 is 0 Å². The first kappa shape index (κ1) is 11.7. The number of nitrogens with zero attached hydrogens (tertiary/aromatic N) is 2. The van der Waals surface area contributed by atoms with E-state index < -0.39 is 0 Å². The van der Waals surface area contributed by atoms with E-state index in [4.69, 9.17) is 10.00 Å². The summed E-state index contributed by atoms with van der Waals surface area (Å²) in [5.74, 6) is 0. The number of rotatable bonds is 3. The zero-order valence-electron chi connectivity index (χ0n) is 10.0. The molecule has 17 heavy (non-hydrogen) atoms. The lowest BCUT2D eigenvalue weighted by atomic mass is 10.2. The van der Waals surface area contributed by atoms with Gasteiger partial charge in [-0.25, -0.2) is 0 Å². The molecule has 1 saturated heterocycles. The fourth-order valence-electron chi connectivity index (χ4n) is 1.87. The first-order chi connectivity index (χ1) is 8.29. The molecule has 0 saturated carbocycles. The van der Waals surface area contributed by atoms with Crippen molar-refractivity contribution in [3.63, 3.8) is 0 Å². The largest absolute Gasteiger partial charge is 0.378 e. The predicted octanol–water partition coefficient (Wildman–Crippen LogP) is 1.85. The van der Waals surface area contributed by atoms with Crippen LogP contribution in [0.4, 0.5) is 11.4 Å². The Labute approximate surface area is 102 Å². The van der Waals surface area contributed by atoms with Gasteiger partial charge in [-0.2, -0.15) is 5.26 Å². The number of morpholine rings is 1. The third kappa shape index (κ3) is 3.11. The fraction of sp³-hybridized carbons (Fsp3) is 0.462. The Kier molecular flexibility index (Phi) is 3.84. The molecule has 1 aliphatic rings. The lowest BCUT2D eigenvalue weighted by Gasteiger charge is -2.29. The molecule has 0 aliphatic carbocycles. The molecule has 0 aromatic heterocycles. The normalized spacial score (nSPS) is 17.3. The molecule has 0 spiro atoms. The van der Waals surface area contributed by atoms with Gasteiger partial charge in [0.05, 0.1) is 19.3 Å². The molecule has 1 aromatic carbocycles. The molecule has 90 valence electrons. The summed E-state index contributed by atoms with van der Waals surface area (Å²) in [4.78, 5) is 2.31. The van der Waals surface area contributed by atoms with E-state index in [1.54, 1.807) is 0 Å². The van der Waals surface area contributed by atoms with Crippen LogP contribution in [0.3, 0.4) is 0 Å². The van der Waals surface area contributed by atoms with Gasteiger partial charge in [0, 0.05) is 24.5 Å². The highest BCUT2D eigenvalue weighted by Gasteiger charge is 2.10. The van der Waals surface area contributed by atoms with Crippen molar-refractivity contribution >= 4 is 11.4 Å². The van der Waals surface area contributed by atoms with Crippen molar-refractivity contribution in [3.05, 3.63) is 24.3 Å². The van der Waals surface area contributed by atoms with Gasteiger partial charge in [-0.3, -0.25) is 0 Å². The van der Waals surface area contributed by atoms with Crippen LogP contribution < -0.4 is 10.2 Å². The zero-order chi connectivity index (χ0) is 12.1. The minimum atomic E-state index is -0.163. The summed E-state index contributed by atoms with van der Waals surface area (Å²) in [5.41, 5.74) is 2.19. The minimum Gasteiger partial charge on any atom is -0.378 e. The first-order valence-electron chi connectivity index (χ1n) is 5.88. The van der Waals surface area contributed by atoms with Gasteiger partial charge in [-0.15, -0.1) is 0 Å². The number of benzene rings is 1. The van der Waals surface area contributed by atoms with Crippen molar-refractivity contribution in [2.75, 3.05) is 36.5 Å². The number of nitrogens with one attached hydrogen (secondary N) is 1. The van der Waals surface area contributed by atoms with Crippen molar-refractivity contribution in [2.24, 2.45) is 0 Å². The van der Waals surface area contributed by atoms with Gasteiger partial charge in [0.1, 0.15) is 6.04 Å². The maximum atomic E-state index is 8.72. The summed E-state index contributed by atoms with van der Waals surface area (Å²) in [7, 11) is 0. The van der Waals surface area contributed by atoms with E-state index in [1.165, 1.54) is 5.69 Å². The van der Waals surface area contributed by atoms with E-state index in [1.807, 2.05) is 19.1 Å². The summed E-state index contributed by atoms with van der Waals surface area (Å²) >= 11 is 0. The third-order valence-electron chi connectivity index (χ3n) is 2.82. The summed E-state index contributed by atoms with van der Waals surface area (Å²) in [6.45, 7) is 5.33. The minimum absolute atomic E-state index is 0.163. The lowest BCUT2D eigenvalue weighted by Crippen LogP contribution is -2.36. The van der Waals surface area contributed by atoms with Crippen LogP contribution in [-0.2, 0) is 4.74 Å². The summed E-state index contributed by atoms with van der Waals surface area (Å²) < 4.78 is 5.32. The summed E-state index contributed by atoms with van der Waals surface area (Å²) in [5, 5.41) is 11.8. The average molecular weight is 231 g/mol. The van der Waals surface area contributed by atoms with Gasteiger partial charge >= 0.3 is 0 Å².